The third-order valence-corrected chi connectivity index (χ3v) is 7.53. The fourth-order valence-electron chi connectivity index (χ4n) is 3.74. The van der Waals surface area contributed by atoms with E-state index in [9.17, 15) is 23.1 Å². The molecule has 0 saturated heterocycles. The van der Waals surface area contributed by atoms with E-state index in [2.05, 4.69) is 15.7 Å². The van der Waals surface area contributed by atoms with Crippen molar-refractivity contribution in [3.63, 3.8) is 0 Å². The number of carbonyl (C=O) groups is 2. The molecule has 0 radical (unpaired) electrons. The van der Waals surface area contributed by atoms with Crippen LogP contribution in [0, 0.1) is 6.92 Å². The zero-order chi connectivity index (χ0) is 24.8. The number of rotatable bonds is 7. The summed E-state index contributed by atoms with van der Waals surface area (Å²) in [6, 6.07) is 4.49. The van der Waals surface area contributed by atoms with Gasteiger partial charge in [-0.15, -0.1) is 0 Å². The Labute approximate surface area is 196 Å². The Morgan fingerprint density at radius 1 is 1.29 bits per heavy atom. The predicted molar refractivity (Wildman–Crippen MR) is 122 cm³/mol. The standard InChI is InChI=1S/C21H27N5O7S/c1-12-18(10-23-26(12)14-5-6-14)34(31,32)25-11-15(9-22-19(27)21(2,3)30)33-17-7-4-13(8-16(17)25)24-20(28)29/h4,7-8,10,14-15,24,30H,5-6,9,11H2,1-3H3,(H,22,27)(H,28,29). The van der Waals surface area contributed by atoms with E-state index in [-0.39, 0.29) is 41.2 Å². The van der Waals surface area contributed by atoms with Gasteiger partial charge in [0.05, 0.1) is 36.7 Å². The van der Waals surface area contributed by atoms with E-state index < -0.39 is 33.7 Å². The smallest absolute Gasteiger partial charge is 0.409 e. The minimum atomic E-state index is -4.10. The molecule has 0 bridgehead atoms. The lowest BCUT2D eigenvalue weighted by Gasteiger charge is -2.36. The maximum Gasteiger partial charge on any atom is 0.409 e. The maximum atomic E-state index is 13.8. The molecule has 1 aliphatic heterocycles. The van der Waals surface area contributed by atoms with Gasteiger partial charge in [0.15, 0.2) is 0 Å². The fraction of sp³-hybridized carbons (Fsp3) is 0.476. The second-order valence-electron chi connectivity index (χ2n) is 8.93. The molecule has 2 aromatic rings. The number of benzene rings is 1. The first-order chi connectivity index (χ1) is 15.9. The van der Waals surface area contributed by atoms with Crippen molar-refractivity contribution in [2.24, 2.45) is 0 Å². The monoisotopic (exact) mass is 493 g/mol. The molecular formula is C21H27N5O7S. The number of nitrogens with one attached hydrogen (secondary N) is 2. The van der Waals surface area contributed by atoms with Gasteiger partial charge in [0, 0.05) is 5.69 Å². The average molecular weight is 494 g/mol. The lowest BCUT2D eigenvalue weighted by molar-refractivity contribution is -0.136. The number of ether oxygens (including phenoxy) is 1. The minimum Gasteiger partial charge on any atom is -0.484 e. The summed E-state index contributed by atoms with van der Waals surface area (Å²) in [6.07, 6.45) is 1.15. The van der Waals surface area contributed by atoms with E-state index in [0.29, 0.717) is 5.69 Å². The van der Waals surface area contributed by atoms with Crippen LogP contribution in [0.1, 0.15) is 38.4 Å². The van der Waals surface area contributed by atoms with E-state index in [1.807, 2.05) is 0 Å². The van der Waals surface area contributed by atoms with Crippen molar-refractivity contribution in [1.82, 2.24) is 15.1 Å². The van der Waals surface area contributed by atoms with Crippen molar-refractivity contribution in [3.8, 4) is 5.75 Å². The number of anilines is 2. The number of hydrogen-bond donors (Lipinski definition) is 4. The maximum absolute atomic E-state index is 13.8. The van der Waals surface area contributed by atoms with Crippen LogP contribution in [0.2, 0.25) is 0 Å². The topological polar surface area (TPSA) is 163 Å². The first-order valence-corrected chi connectivity index (χ1v) is 12.2. The number of amides is 2. The predicted octanol–water partition coefficient (Wildman–Crippen LogP) is 1.46. The minimum absolute atomic E-state index is 0.0446. The molecule has 12 nitrogen and oxygen atoms in total. The van der Waals surface area contributed by atoms with Gasteiger partial charge in [-0.05, 0) is 51.8 Å². The molecule has 0 spiro atoms. The van der Waals surface area contributed by atoms with Gasteiger partial charge in [-0.3, -0.25) is 19.1 Å². The Morgan fingerprint density at radius 2 is 2.00 bits per heavy atom. The highest BCUT2D eigenvalue weighted by molar-refractivity contribution is 7.92. The zero-order valence-electron chi connectivity index (χ0n) is 19.0. The van der Waals surface area contributed by atoms with Crippen LogP contribution in [-0.2, 0) is 14.8 Å². The van der Waals surface area contributed by atoms with E-state index in [1.165, 1.54) is 38.2 Å². The van der Waals surface area contributed by atoms with Gasteiger partial charge < -0.3 is 20.3 Å². The lowest BCUT2D eigenvalue weighted by atomic mass is 10.1. The Hall–Kier alpha value is -3.32. The van der Waals surface area contributed by atoms with Crippen molar-refractivity contribution >= 4 is 33.4 Å². The van der Waals surface area contributed by atoms with Gasteiger partial charge >= 0.3 is 6.09 Å². The van der Waals surface area contributed by atoms with Crippen LogP contribution in [0.25, 0.3) is 0 Å². The molecular weight excluding hydrogens is 466 g/mol. The number of aliphatic hydroxyl groups is 1. The first kappa shape index (κ1) is 23.8. The van der Waals surface area contributed by atoms with Crippen molar-refractivity contribution < 1.29 is 33.0 Å². The second-order valence-corrected chi connectivity index (χ2v) is 10.8. The van der Waals surface area contributed by atoms with E-state index in [4.69, 9.17) is 9.84 Å². The highest BCUT2D eigenvalue weighted by atomic mass is 32.2. The summed E-state index contributed by atoms with van der Waals surface area (Å²) in [6.45, 7) is 4.18. The number of fused-ring (bicyclic) bond motifs is 1. The number of carboxylic acid groups (broad SMARTS) is 1. The third-order valence-electron chi connectivity index (χ3n) is 5.65. The third kappa shape index (κ3) is 4.66. The second kappa shape index (κ2) is 8.47. The average Bonchev–Trinajstić information content (AvgIpc) is 3.51. The molecule has 1 atom stereocenters. The van der Waals surface area contributed by atoms with Crippen molar-refractivity contribution in [2.75, 3.05) is 22.7 Å². The van der Waals surface area contributed by atoms with Gasteiger partial charge in [0.25, 0.3) is 15.9 Å². The first-order valence-electron chi connectivity index (χ1n) is 10.8. The highest BCUT2D eigenvalue weighted by Crippen LogP contribution is 2.41. The van der Waals surface area contributed by atoms with Gasteiger partial charge in [0.2, 0.25) is 0 Å². The molecule has 4 N–H and O–H groups in total. The fourth-order valence-corrected chi connectivity index (χ4v) is 5.39. The van der Waals surface area contributed by atoms with Gasteiger partial charge in [0.1, 0.15) is 22.4 Å². The molecule has 1 fully saturated rings. The molecule has 1 aliphatic carbocycles. The number of sulfonamides is 1. The van der Waals surface area contributed by atoms with Crippen LogP contribution in [-0.4, -0.2) is 65.2 Å². The number of nitrogens with zero attached hydrogens (tertiary/aromatic N) is 3. The van der Waals surface area contributed by atoms with Crippen LogP contribution in [0.3, 0.4) is 0 Å². The van der Waals surface area contributed by atoms with Crippen LogP contribution < -0.4 is 19.7 Å². The van der Waals surface area contributed by atoms with Crippen LogP contribution in [0.5, 0.6) is 5.75 Å². The normalized spacial score (nSPS) is 18.1. The van der Waals surface area contributed by atoms with Gasteiger partial charge in [-0.25, -0.2) is 13.2 Å². The Balaban J connectivity index is 1.69. The number of aromatic nitrogens is 2. The van der Waals surface area contributed by atoms with Crippen molar-refractivity contribution in [1.29, 1.82) is 0 Å². The summed E-state index contributed by atoms with van der Waals surface area (Å²) in [4.78, 5) is 23.2. The summed E-state index contributed by atoms with van der Waals surface area (Å²) in [5.74, 6) is -0.417. The van der Waals surface area contributed by atoms with E-state index in [1.54, 1.807) is 11.6 Å². The summed E-state index contributed by atoms with van der Waals surface area (Å²) in [5, 5.41) is 28.0. The number of carbonyl (C=O) groups excluding carboxylic acids is 1. The molecule has 2 amide bonds. The van der Waals surface area contributed by atoms with Crippen LogP contribution in [0.4, 0.5) is 16.2 Å². The molecule has 2 aliphatic rings. The molecule has 184 valence electrons. The van der Waals surface area contributed by atoms with Crippen LogP contribution >= 0.6 is 0 Å². The van der Waals surface area contributed by atoms with Gasteiger partial charge in [-0.2, -0.15) is 5.10 Å². The quantitative estimate of drug-likeness (QED) is 0.450. The lowest BCUT2D eigenvalue weighted by Crippen LogP contribution is -2.51. The van der Waals surface area contributed by atoms with Crippen molar-refractivity contribution in [2.45, 2.75) is 56.3 Å². The molecule has 1 unspecified atom stereocenters. The zero-order valence-corrected chi connectivity index (χ0v) is 19.8. The molecule has 4 rings (SSSR count). The number of hydrogen-bond acceptors (Lipinski definition) is 7. The Bertz CT molecular complexity index is 1230. The molecule has 13 heteroatoms. The van der Waals surface area contributed by atoms with Gasteiger partial charge in [-0.1, -0.05) is 0 Å². The highest BCUT2D eigenvalue weighted by Gasteiger charge is 2.38. The Kier molecular flexibility index (Phi) is 5.94. The molecule has 34 heavy (non-hydrogen) atoms. The van der Waals surface area contributed by atoms with E-state index >= 15 is 0 Å². The molecule has 1 saturated carbocycles. The van der Waals surface area contributed by atoms with Crippen LogP contribution in [0.15, 0.2) is 29.3 Å². The van der Waals surface area contributed by atoms with Crippen molar-refractivity contribution in [3.05, 3.63) is 30.1 Å². The largest absolute Gasteiger partial charge is 0.484 e. The molecule has 1 aromatic heterocycles. The SMILES string of the molecule is Cc1c(S(=O)(=O)N2CC(CNC(=O)C(C)(C)O)Oc3ccc(NC(=O)O)cc32)cnn1C1CC1. The summed E-state index contributed by atoms with van der Waals surface area (Å²) in [5.41, 5.74) is -0.754. The summed E-state index contributed by atoms with van der Waals surface area (Å²) >= 11 is 0. The molecule has 2 heterocycles. The summed E-state index contributed by atoms with van der Waals surface area (Å²) in [7, 11) is -4.10. The molecule has 1 aromatic carbocycles. The van der Waals surface area contributed by atoms with E-state index in [0.717, 1.165) is 17.1 Å². The Morgan fingerprint density at radius 3 is 2.62 bits per heavy atom. The summed E-state index contributed by atoms with van der Waals surface area (Å²) < 4.78 is 36.3.